The fraction of sp³-hybridized carbons (Fsp3) is 0.278. The molecule has 2 aromatic heterocycles. The Hall–Kier alpha value is -2.12. The van der Waals surface area contributed by atoms with Gasteiger partial charge in [-0.05, 0) is 30.9 Å². The molecular weight excluding hydrogens is 352 g/mol. The Morgan fingerprint density at radius 3 is 2.72 bits per heavy atom. The molecule has 0 aliphatic heterocycles. The van der Waals surface area contributed by atoms with E-state index in [2.05, 4.69) is 15.2 Å². The number of aromatic amines is 1. The third-order valence-corrected chi connectivity index (χ3v) is 5.39. The number of H-pyrrole nitrogens is 1. The summed E-state index contributed by atoms with van der Waals surface area (Å²) in [7, 11) is 0. The van der Waals surface area contributed by atoms with Crippen molar-refractivity contribution in [1.29, 1.82) is 0 Å². The summed E-state index contributed by atoms with van der Waals surface area (Å²) in [5, 5.41) is 9.72. The summed E-state index contributed by atoms with van der Waals surface area (Å²) in [4.78, 5) is 20.0. The third kappa shape index (κ3) is 4.70. The summed E-state index contributed by atoms with van der Waals surface area (Å²) in [5.74, 6) is 1.16. The highest BCUT2D eigenvalue weighted by molar-refractivity contribution is 7.99. The average Bonchev–Trinajstić information content (AvgIpc) is 3.29. The van der Waals surface area contributed by atoms with Gasteiger partial charge >= 0.3 is 0 Å². The molecule has 0 aliphatic rings. The number of hydrogen-bond donors (Lipinski definition) is 1. The molecule has 2 heterocycles. The summed E-state index contributed by atoms with van der Waals surface area (Å²) in [6.45, 7) is 4.69. The number of benzene rings is 1. The highest BCUT2D eigenvalue weighted by Crippen LogP contribution is 2.23. The van der Waals surface area contributed by atoms with Gasteiger partial charge in [0.2, 0.25) is 11.1 Å². The standard InChI is InChI=1S/C18H20N4OS2/c1-13(2)22(11-14-7-4-3-5-8-14)16(23)12-25-18-19-17(20-21-18)15-9-6-10-24-15/h3-10,13H,11-12H2,1-2H3,(H,19,20,21). The lowest BCUT2D eigenvalue weighted by atomic mass is 10.2. The summed E-state index contributed by atoms with van der Waals surface area (Å²) in [5.41, 5.74) is 1.13. The Morgan fingerprint density at radius 1 is 1.24 bits per heavy atom. The Labute approximate surface area is 155 Å². The maximum absolute atomic E-state index is 12.6. The first-order chi connectivity index (χ1) is 12.1. The minimum absolute atomic E-state index is 0.0892. The van der Waals surface area contributed by atoms with Gasteiger partial charge in [0, 0.05) is 12.6 Å². The van der Waals surface area contributed by atoms with Crippen LogP contribution in [-0.2, 0) is 11.3 Å². The number of hydrogen-bond acceptors (Lipinski definition) is 5. The molecule has 0 saturated heterocycles. The van der Waals surface area contributed by atoms with Gasteiger partial charge in [-0.25, -0.2) is 4.98 Å². The first kappa shape index (κ1) is 17.7. The molecule has 1 aromatic carbocycles. The topological polar surface area (TPSA) is 61.9 Å². The van der Waals surface area contributed by atoms with Gasteiger partial charge in [-0.1, -0.05) is 48.2 Å². The second kappa shape index (κ2) is 8.31. The maximum Gasteiger partial charge on any atom is 0.233 e. The van der Waals surface area contributed by atoms with Crippen LogP contribution >= 0.6 is 23.1 Å². The van der Waals surface area contributed by atoms with Gasteiger partial charge in [-0.15, -0.1) is 16.4 Å². The number of rotatable bonds is 7. The van der Waals surface area contributed by atoms with Crippen molar-refractivity contribution in [3.8, 4) is 10.7 Å². The van der Waals surface area contributed by atoms with Crippen molar-refractivity contribution >= 4 is 29.0 Å². The number of aromatic nitrogens is 3. The number of nitrogens with one attached hydrogen (secondary N) is 1. The van der Waals surface area contributed by atoms with Crippen molar-refractivity contribution in [1.82, 2.24) is 20.1 Å². The number of thioether (sulfide) groups is 1. The molecule has 0 bridgehead atoms. The zero-order chi connectivity index (χ0) is 17.6. The van der Waals surface area contributed by atoms with E-state index in [0.717, 1.165) is 16.3 Å². The molecule has 1 amide bonds. The second-order valence-electron chi connectivity index (χ2n) is 5.83. The van der Waals surface area contributed by atoms with E-state index in [-0.39, 0.29) is 11.9 Å². The summed E-state index contributed by atoms with van der Waals surface area (Å²) < 4.78 is 0. The van der Waals surface area contributed by atoms with Crippen LogP contribution in [0, 0.1) is 0 Å². The van der Waals surface area contributed by atoms with Crippen LogP contribution in [-0.4, -0.2) is 37.8 Å². The molecule has 3 rings (SSSR count). The molecule has 25 heavy (non-hydrogen) atoms. The first-order valence-electron chi connectivity index (χ1n) is 8.06. The Kier molecular flexibility index (Phi) is 5.88. The molecule has 0 aliphatic carbocycles. The summed E-state index contributed by atoms with van der Waals surface area (Å²) >= 11 is 2.97. The van der Waals surface area contributed by atoms with Gasteiger partial charge in [0.05, 0.1) is 10.6 Å². The van der Waals surface area contributed by atoms with Crippen LogP contribution in [0.4, 0.5) is 0 Å². The van der Waals surface area contributed by atoms with Crippen LogP contribution < -0.4 is 0 Å². The van der Waals surface area contributed by atoms with Crippen molar-refractivity contribution in [2.24, 2.45) is 0 Å². The van der Waals surface area contributed by atoms with E-state index in [1.807, 2.05) is 66.6 Å². The molecule has 0 radical (unpaired) electrons. The number of thiophene rings is 1. The first-order valence-corrected chi connectivity index (χ1v) is 9.92. The monoisotopic (exact) mass is 372 g/mol. The molecule has 7 heteroatoms. The molecule has 0 fully saturated rings. The van der Waals surface area contributed by atoms with Gasteiger partial charge in [-0.3, -0.25) is 9.89 Å². The molecule has 0 spiro atoms. The fourth-order valence-corrected chi connectivity index (χ4v) is 3.73. The summed E-state index contributed by atoms with van der Waals surface area (Å²) in [6.07, 6.45) is 0. The van der Waals surface area contributed by atoms with Crippen LogP contribution in [0.1, 0.15) is 19.4 Å². The lowest BCUT2D eigenvalue weighted by Gasteiger charge is -2.26. The molecule has 0 saturated carbocycles. The molecule has 5 nitrogen and oxygen atoms in total. The van der Waals surface area contributed by atoms with E-state index in [4.69, 9.17) is 0 Å². The zero-order valence-electron chi connectivity index (χ0n) is 14.2. The number of carbonyl (C=O) groups excluding carboxylic acids is 1. The van der Waals surface area contributed by atoms with Crippen LogP contribution in [0.2, 0.25) is 0 Å². The van der Waals surface area contributed by atoms with Crippen molar-refractivity contribution in [3.63, 3.8) is 0 Å². The van der Waals surface area contributed by atoms with Crippen molar-refractivity contribution in [3.05, 3.63) is 53.4 Å². The Morgan fingerprint density at radius 2 is 2.04 bits per heavy atom. The van der Waals surface area contributed by atoms with Crippen molar-refractivity contribution < 1.29 is 4.79 Å². The lowest BCUT2D eigenvalue weighted by molar-refractivity contribution is -0.130. The molecule has 0 atom stereocenters. The molecule has 130 valence electrons. The smallest absolute Gasteiger partial charge is 0.233 e. The van der Waals surface area contributed by atoms with Crippen LogP contribution in [0.15, 0.2) is 53.0 Å². The van der Waals surface area contributed by atoms with E-state index in [0.29, 0.717) is 17.5 Å². The minimum atomic E-state index is 0.0892. The summed E-state index contributed by atoms with van der Waals surface area (Å²) in [6, 6.07) is 14.2. The van der Waals surface area contributed by atoms with E-state index >= 15 is 0 Å². The predicted molar refractivity (Wildman–Crippen MR) is 103 cm³/mol. The van der Waals surface area contributed by atoms with Gasteiger partial charge in [0.25, 0.3) is 0 Å². The average molecular weight is 373 g/mol. The molecule has 3 aromatic rings. The number of carbonyl (C=O) groups is 1. The maximum atomic E-state index is 12.6. The number of amides is 1. The minimum Gasteiger partial charge on any atom is -0.335 e. The zero-order valence-corrected chi connectivity index (χ0v) is 15.8. The highest BCUT2D eigenvalue weighted by Gasteiger charge is 2.18. The van der Waals surface area contributed by atoms with Crippen LogP contribution in [0.3, 0.4) is 0 Å². The molecule has 1 N–H and O–H groups in total. The van der Waals surface area contributed by atoms with Crippen molar-refractivity contribution in [2.75, 3.05) is 5.75 Å². The van der Waals surface area contributed by atoms with E-state index in [1.54, 1.807) is 11.3 Å². The van der Waals surface area contributed by atoms with Gasteiger partial charge in [0.15, 0.2) is 5.82 Å². The van der Waals surface area contributed by atoms with E-state index < -0.39 is 0 Å². The molecule has 0 unspecified atom stereocenters. The van der Waals surface area contributed by atoms with Crippen LogP contribution in [0.5, 0.6) is 0 Å². The predicted octanol–water partition coefficient (Wildman–Crippen LogP) is 4.06. The van der Waals surface area contributed by atoms with Gasteiger partial charge in [0.1, 0.15) is 0 Å². The van der Waals surface area contributed by atoms with E-state index in [1.165, 1.54) is 11.8 Å². The fourth-order valence-electron chi connectivity index (χ4n) is 2.38. The quantitative estimate of drug-likeness (QED) is 0.635. The lowest BCUT2D eigenvalue weighted by Crippen LogP contribution is -2.37. The van der Waals surface area contributed by atoms with Crippen LogP contribution in [0.25, 0.3) is 10.7 Å². The second-order valence-corrected chi connectivity index (χ2v) is 7.72. The Bertz CT molecular complexity index is 800. The largest absolute Gasteiger partial charge is 0.335 e. The van der Waals surface area contributed by atoms with Gasteiger partial charge in [-0.2, -0.15) is 0 Å². The molecular formula is C18H20N4OS2. The number of nitrogens with zero attached hydrogens (tertiary/aromatic N) is 3. The van der Waals surface area contributed by atoms with Gasteiger partial charge < -0.3 is 4.90 Å². The SMILES string of the molecule is CC(C)N(Cc1ccccc1)C(=O)CSc1n[nH]c(-c2cccs2)n1. The highest BCUT2D eigenvalue weighted by atomic mass is 32.2. The Balaban J connectivity index is 1.60. The normalized spacial score (nSPS) is 11.0. The van der Waals surface area contributed by atoms with Crippen molar-refractivity contribution in [2.45, 2.75) is 31.6 Å². The third-order valence-electron chi connectivity index (χ3n) is 3.68. The van der Waals surface area contributed by atoms with E-state index in [9.17, 15) is 4.79 Å².